The molecule has 1 atom stereocenters. The second-order valence-corrected chi connectivity index (χ2v) is 3.76. The van der Waals surface area contributed by atoms with Crippen LogP contribution in [0.2, 0.25) is 0 Å². The van der Waals surface area contributed by atoms with Gasteiger partial charge >= 0.3 is 0 Å². The summed E-state index contributed by atoms with van der Waals surface area (Å²) in [6.45, 7) is 13.3. The van der Waals surface area contributed by atoms with E-state index in [4.69, 9.17) is 0 Å². The minimum Gasteiger partial charge on any atom is -0.389 e. The lowest BCUT2D eigenvalue weighted by molar-refractivity contribution is 0.163. The minimum absolute atomic E-state index is 0.00162. The Morgan fingerprint density at radius 2 is 2.09 bits per heavy atom. The van der Waals surface area contributed by atoms with E-state index in [2.05, 4.69) is 13.2 Å². The van der Waals surface area contributed by atoms with Crippen molar-refractivity contribution >= 4 is 0 Å². The number of allylic oxidation sites excluding steroid dienone is 1. The fourth-order valence-electron chi connectivity index (χ4n) is 0.756. The summed E-state index contributed by atoms with van der Waals surface area (Å²) in [5, 5.41) is 9.45. The maximum atomic E-state index is 9.45. The molecule has 1 N–H and O–H groups in total. The molecule has 1 heteroatoms. The van der Waals surface area contributed by atoms with Gasteiger partial charge in [-0.3, -0.25) is 0 Å². The van der Waals surface area contributed by atoms with Crippen LogP contribution in [0.4, 0.5) is 0 Å². The average molecular weight is 154 g/mol. The summed E-state index contributed by atoms with van der Waals surface area (Å²) in [5.41, 5.74) is 0.818. The van der Waals surface area contributed by atoms with Gasteiger partial charge in [0.15, 0.2) is 0 Å². The van der Waals surface area contributed by atoms with Crippen LogP contribution >= 0.6 is 0 Å². The molecule has 0 radical (unpaired) electrons. The minimum atomic E-state index is -0.400. The van der Waals surface area contributed by atoms with E-state index in [0.29, 0.717) is 6.42 Å². The van der Waals surface area contributed by atoms with E-state index in [1.807, 2.05) is 26.8 Å². The molecule has 0 spiro atoms. The molecule has 11 heavy (non-hydrogen) atoms. The third-order valence-electron chi connectivity index (χ3n) is 1.84. The molecule has 0 heterocycles. The van der Waals surface area contributed by atoms with Crippen LogP contribution in [0.25, 0.3) is 0 Å². The van der Waals surface area contributed by atoms with Crippen LogP contribution in [-0.2, 0) is 0 Å². The summed E-state index contributed by atoms with van der Waals surface area (Å²) >= 11 is 0. The average Bonchev–Trinajstić information content (AvgIpc) is 1.87. The molecule has 64 valence electrons. The monoisotopic (exact) mass is 154 g/mol. The lowest BCUT2D eigenvalue weighted by Gasteiger charge is -2.23. The van der Waals surface area contributed by atoms with Crippen LogP contribution in [-0.4, -0.2) is 11.2 Å². The molecule has 0 aromatic carbocycles. The number of aliphatic hydroxyl groups excluding tert-OH is 1. The van der Waals surface area contributed by atoms with Crippen molar-refractivity contribution in [3.8, 4) is 0 Å². The molecule has 0 fully saturated rings. The Hall–Kier alpha value is -0.560. The van der Waals surface area contributed by atoms with Crippen molar-refractivity contribution in [3.05, 3.63) is 24.8 Å². The first-order chi connectivity index (χ1) is 4.89. The predicted octanol–water partition coefficient (Wildman–Crippen LogP) is 2.53. The van der Waals surface area contributed by atoms with Crippen LogP contribution in [0, 0.1) is 5.41 Å². The predicted molar refractivity (Wildman–Crippen MR) is 49.4 cm³/mol. The fourth-order valence-corrected chi connectivity index (χ4v) is 0.756. The molecule has 1 nitrogen and oxygen atoms in total. The van der Waals surface area contributed by atoms with Gasteiger partial charge in [0, 0.05) is 0 Å². The molecule has 0 aliphatic rings. The van der Waals surface area contributed by atoms with Crippen LogP contribution < -0.4 is 0 Å². The van der Waals surface area contributed by atoms with Crippen molar-refractivity contribution in [2.45, 2.75) is 33.3 Å². The Labute approximate surface area is 69.4 Å². The van der Waals surface area contributed by atoms with Gasteiger partial charge in [0.05, 0.1) is 6.10 Å². The number of aliphatic hydroxyl groups is 1. The summed E-state index contributed by atoms with van der Waals surface area (Å²) < 4.78 is 0. The molecule has 1 unspecified atom stereocenters. The topological polar surface area (TPSA) is 20.2 Å². The van der Waals surface area contributed by atoms with Crippen molar-refractivity contribution in [1.82, 2.24) is 0 Å². The van der Waals surface area contributed by atoms with Crippen molar-refractivity contribution < 1.29 is 5.11 Å². The van der Waals surface area contributed by atoms with Crippen molar-refractivity contribution in [3.63, 3.8) is 0 Å². The first-order valence-corrected chi connectivity index (χ1v) is 3.86. The lowest BCUT2D eigenvalue weighted by Crippen LogP contribution is -2.18. The summed E-state index contributed by atoms with van der Waals surface area (Å²) in [4.78, 5) is 0. The third-order valence-corrected chi connectivity index (χ3v) is 1.84. The molecule has 0 rings (SSSR count). The highest BCUT2D eigenvalue weighted by Crippen LogP contribution is 2.25. The second-order valence-electron chi connectivity index (χ2n) is 3.76. The number of hydrogen-bond acceptors (Lipinski definition) is 1. The molecule has 0 aromatic rings. The maximum absolute atomic E-state index is 9.45. The first kappa shape index (κ1) is 10.4. The smallest absolute Gasteiger partial charge is 0.0752 e. The van der Waals surface area contributed by atoms with Crippen molar-refractivity contribution in [2.75, 3.05) is 0 Å². The van der Waals surface area contributed by atoms with E-state index in [0.717, 1.165) is 5.57 Å². The van der Waals surface area contributed by atoms with Gasteiger partial charge in [-0.25, -0.2) is 0 Å². The zero-order valence-electron chi connectivity index (χ0n) is 7.72. The first-order valence-electron chi connectivity index (χ1n) is 3.86. The highest BCUT2D eigenvalue weighted by atomic mass is 16.3. The normalized spacial score (nSPS) is 14.2. The van der Waals surface area contributed by atoms with Gasteiger partial charge in [-0.1, -0.05) is 32.1 Å². The molecule has 0 saturated carbocycles. The van der Waals surface area contributed by atoms with Crippen LogP contribution in [0.15, 0.2) is 24.8 Å². The summed E-state index contributed by atoms with van der Waals surface area (Å²) in [6, 6.07) is 0. The molecule has 0 bridgehead atoms. The van der Waals surface area contributed by atoms with Gasteiger partial charge in [0.25, 0.3) is 0 Å². The van der Waals surface area contributed by atoms with Gasteiger partial charge in [-0.15, -0.1) is 6.58 Å². The largest absolute Gasteiger partial charge is 0.389 e. The highest BCUT2D eigenvalue weighted by molar-refractivity contribution is 5.01. The quantitative estimate of drug-likeness (QED) is 0.617. The third kappa shape index (κ3) is 3.99. The van der Waals surface area contributed by atoms with E-state index in [1.165, 1.54) is 0 Å². The zero-order valence-corrected chi connectivity index (χ0v) is 7.72. The van der Waals surface area contributed by atoms with Crippen LogP contribution in [0.3, 0.4) is 0 Å². The second kappa shape index (κ2) is 3.72. The van der Waals surface area contributed by atoms with Crippen molar-refractivity contribution in [2.24, 2.45) is 5.41 Å². The van der Waals surface area contributed by atoms with Gasteiger partial charge in [-0.05, 0) is 18.8 Å². The Kier molecular flexibility index (Phi) is 3.53. The fraction of sp³-hybridized carbons (Fsp3) is 0.600. The SMILES string of the molecule is C=CC(C)(C)CC(O)C(=C)C. The standard InChI is InChI=1S/C10H18O/c1-6-10(4,5)7-9(11)8(2)3/h6,9,11H,1-2,7H2,3-5H3. The molecule has 0 aliphatic heterocycles. The molecule has 0 aliphatic carbocycles. The highest BCUT2D eigenvalue weighted by Gasteiger charge is 2.18. The molecule has 0 amide bonds. The van der Waals surface area contributed by atoms with E-state index in [-0.39, 0.29) is 5.41 Å². The van der Waals surface area contributed by atoms with Gasteiger partial charge < -0.3 is 5.11 Å². The van der Waals surface area contributed by atoms with Gasteiger partial charge in [0.2, 0.25) is 0 Å². The summed E-state index contributed by atoms with van der Waals surface area (Å²) in [7, 11) is 0. The summed E-state index contributed by atoms with van der Waals surface area (Å²) in [5.74, 6) is 0. The lowest BCUT2D eigenvalue weighted by atomic mass is 9.85. The van der Waals surface area contributed by atoms with E-state index in [9.17, 15) is 5.11 Å². The van der Waals surface area contributed by atoms with Gasteiger partial charge in [-0.2, -0.15) is 0 Å². The molecular formula is C10H18O. The van der Waals surface area contributed by atoms with Gasteiger partial charge in [0.1, 0.15) is 0 Å². The number of hydrogen-bond donors (Lipinski definition) is 1. The Morgan fingerprint density at radius 3 is 2.36 bits per heavy atom. The van der Waals surface area contributed by atoms with Crippen LogP contribution in [0.1, 0.15) is 27.2 Å². The molecule has 0 saturated heterocycles. The molecule has 0 aromatic heterocycles. The van der Waals surface area contributed by atoms with Crippen molar-refractivity contribution in [1.29, 1.82) is 0 Å². The van der Waals surface area contributed by atoms with E-state index < -0.39 is 6.10 Å². The molecular weight excluding hydrogens is 136 g/mol. The summed E-state index contributed by atoms with van der Waals surface area (Å²) in [6.07, 6.45) is 2.16. The Balaban J connectivity index is 4.03. The Morgan fingerprint density at radius 1 is 1.64 bits per heavy atom. The van der Waals surface area contributed by atoms with E-state index >= 15 is 0 Å². The number of rotatable bonds is 4. The van der Waals surface area contributed by atoms with E-state index in [1.54, 1.807) is 0 Å². The Bertz CT molecular complexity index is 156. The van der Waals surface area contributed by atoms with Crippen LogP contribution in [0.5, 0.6) is 0 Å². The maximum Gasteiger partial charge on any atom is 0.0752 e. The zero-order chi connectivity index (χ0) is 9.07.